The van der Waals surface area contributed by atoms with E-state index in [0.29, 0.717) is 22.5 Å². The van der Waals surface area contributed by atoms with Crippen LogP contribution < -0.4 is 11.5 Å². The van der Waals surface area contributed by atoms with E-state index in [0.717, 1.165) is 0 Å². The first-order valence-corrected chi connectivity index (χ1v) is 11.0. The lowest BCUT2D eigenvalue weighted by Gasteiger charge is -2.15. The molecule has 0 saturated heterocycles. The highest BCUT2D eigenvalue weighted by Crippen LogP contribution is 2.22. The molecule has 0 aromatic heterocycles. The molecule has 10 nitrogen and oxygen atoms in total. The second kappa shape index (κ2) is 9.82. The summed E-state index contributed by atoms with van der Waals surface area (Å²) in [6, 6.07) is 12.8. The molecule has 2 atom stereocenters. The molecule has 2 aromatic rings. The second-order valence-corrected chi connectivity index (χ2v) is 8.95. The fourth-order valence-electron chi connectivity index (χ4n) is 2.27. The highest BCUT2D eigenvalue weighted by Gasteiger charge is 2.23. The molecule has 0 bridgehead atoms. The van der Waals surface area contributed by atoms with Gasteiger partial charge >= 0.3 is 10.4 Å². The van der Waals surface area contributed by atoms with Crippen LogP contribution in [0.3, 0.4) is 0 Å². The van der Waals surface area contributed by atoms with Crippen LogP contribution in [0.15, 0.2) is 48.5 Å². The zero-order valence-corrected chi connectivity index (χ0v) is 16.2. The Hall–Kier alpha value is -2.22. The topological polar surface area (TPSA) is 201 Å². The number of hydrogen-bond acceptors (Lipinski definition) is 8. The van der Waals surface area contributed by atoms with E-state index in [2.05, 4.69) is 0 Å². The van der Waals surface area contributed by atoms with Gasteiger partial charge in [0.05, 0.1) is 23.7 Å². The van der Waals surface area contributed by atoms with Crippen LogP contribution in [0.5, 0.6) is 0 Å². The van der Waals surface area contributed by atoms with Crippen LogP contribution in [0.2, 0.25) is 0 Å². The van der Waals surface area contributed by atoms with E-state index >= 15 is 0 Å². The van der Waals surface area contributed by atoms with Crippen LogP contribution in [-0.4, -0.2) is 47.7 Å². The summed E-state index contributed by atoms with van der Waals surface area (Å²) >= 11 is 0. The van der Waals surface area contributed by atoms with Crippen molar-refractivity contribution in [1.82, 2.24) is 0 Å². The molecule has 0 heterocycles. The molecule has 156 valence electrons. The van der Waals surface area contributed by atoms with Crippen molar-refractivity contribution < 1.29 is 36.2 Å². The molecule has 2 unspecified atom stereocenters. The van der Waals surface area contributed by atoms with E-state index in [1.165, 1.54) is 12.1 Å². The van der Waals surface area contributed by atoms with E-state index in [1.807, 2.05) is 0 Å². The number of anilines is 2. The van der Waals surface area contributed by atoms with E-state index in [4.69, 9.17) is 29.0 Å². The van der Waals surface area contributed by atoms with Crippen LogP contribution >= 0.6 is 0 Å². The monoisotopic (exact) mass is 434 g/mol. The van der Waals surface area contributed by atoms with E-state index < -0.39 is 43.9 Å². The van der Waals surface area contributed by atoms with Gasteiger partial charge in [-0.3, -0.25) is 9.11 Å². The summed E-state index contributed by atoms with van der Waals surface area (Å²) in [4.78, 5) is 0. The molecule has 2 rings (SSSR count). The number of aliphatic hydroxyl groups excluding tert-OH is 2. The van der Waals surface area contributed by atoms with Gasteiger partial charge in [-0.05, 0) is 35.4 Å². The van der Waals surface area contributed by atoms with Crippen molar-refractivity contribution in [3.63, 3.8) is 0 Å². The first-order chi connectivity index (χ1) is 12.8. The van der Waals surface area contributed by atoms with E-state index in [-0.39, 0.29) is 0 Å². The molecule has 0 spiro atoms. The molecule has 8 N–H and O–H groups in total. The normalized spacial score (nSPS) is 13.9. The van der Waals surface area contributed by atoms with E-state index in [1.54, 1.807) is 36.4 Å². The molecule has 12 heteroatoms. The van der Waals surface area contributed by atoms with Crippen molar-refractivity contribution in [2.45, 2.75) is 12.2 Å². The molecule has 0 aliphatic rings. The average molecular weight is 434 g/mol. The van der Waals surface area contributed by atoms with Gasteiger partial charge in [0.1, 0.15) is 0 Å². The number of hydrogen-bond donors (Lipinski definition) is 6. The first kappa shape index (κ1) is 23.8. The lowest BCUT2D eigenvalue weighted by atomic mass is 10.1. The maximum absolute atomic E-state index is 12.2. The predicted octanol–water partition coefficient (Wildman–Crippen LogP) is 0.380. The number of aliphatic hydroxyl groups is 2. The Morgan fingerprint density at radius 1 is 0.750 bits per heavy atom. The molecule has 28 heavy (non-hydrogen) atoms. The van der Waals surface area contributed by atoms with Crippen LogP contribution in [-0.2, 0) is 20.2 Å². The third kappa shape index (κ3) is 9.64. The zero-order valence-electron chi connectivity index (χ0n) is 14.6. The quantitative estimate of drug-likeness (QED) is 0.272. The molecular formula is C16H22N2O8S2. The molecular weight excluding hydrogens is 412 g/mol. The molecule has 0 aliphatic carbocycles. The minimum atomic E-state index is -4.67. The van der Waals surface area contributed by atoms with Crippen LogP contribution in [0.1, 0.15) is 23.3 Å². The maximum Gasteiger partial charge on any atom is 0.394 e. The Morgan fingerprint density at radius 3 is 1.36 bits per heavy atom. The van der Waals surface area contributed by atoms with Crippen molar-refractivity contribution in [3.05, 3.63) is 59.7 Å². The smallest absolute Gasteiger partial charge is 0.394 e. The van der Waals surface area contributed by atoms with Gasteiger partial charge in [0.25, 0.3) is 0 Å². The number of benzene rings is 2. The van der Waals surface area contributed by atoms with Gasteiger partial charge in [-0.1, -0.05) is 24.3 Å². The Balaban J connectivity index is 0.000000696. The van der Waals surface area contributed by atoms with Crippen LogP contribution in [0.4, 0.5) is 11.4 Å². The van der Waals surface area contributed by atoms with Crippen molar-refractivity contribution in [3.8, 4) is 0 Å². The van der Waals surface area contributed by atoms with Crippen LogP contribution in [0, 0.1) is 0 Å². The summed E-state index contributed by atoms with van der Waals surface area (Å²) in [5, 5.41) is 20.1. The SMILES string of the molecule is Nc1cccc(C(O)CS(=O)(=O)CC(O)c2cccc(N)c2)c1.O=S(=O)(O)O. The first-order valence-electron chi connectivity index (χ1n) is 7.74. The summed E-state index contributed by atoms with van der Waals surface area (Å²) in [7, 11) is -8.35. The third-order valence-corrected chi connectivity index (χ3v) is 5.06. The highest BCUT2D eigenvalue weighted by molar-refractivity contribution is 7.91. The fourth-order valence-corrected chi connectivity index (χ4v) is 3.76. The largest absolute Gasteiger partial charge is 0.399 e. The fraction of sp³-hybridized carbons (Fsp3) is 0.250. The molecule has 0 aliphatic heterocycles. The Morgan fingerprint density at radius 2 is 1.07 bits per heavy atom. The van der Waals surface area contributed by atoms with Gasteiger partial charge in [0.15, 0.2) is 9.84 Å². The number of nitrogen functional groups attached to an aromatic ring is 2. The number of rotatable bonds is 6. The second-order valence-electron chi connectivity index (χ2n) is 5.90. The standard InChI is InChI=1S/C16H20N2O4S.H2O4S/c17-13-5-1-3-11(7-13)15(19)9-23(21,22)10-16(20)12-4-2-6-14(18)8-12;1-5(2,3)4/h1-8,15-16,19-20H,9-10,17-18H2;(H2,1,2,3,4). The summed E-state index contributed by atoms with van der Waals surface area (Å²) in [6.07, 6.45) is -2.40. The van der Waals surface area contributed by atoms with Gasteiger partial charge in [-0.2, -0.15) is 8.42 Å². The average Bonchev–Trinajstić information content (AvgIpc) is 2.52. The van der Waals surface area contributed by atoms with Crippen molar-refractivity contribution in [2.75, 3.05) is 23.0 Å². The number of sulfone groups is 1. The Bertz CT molecular complexity index is 926. The minimum absolute atomic E-state index is 0.423. The van der Waals surface area contributed by atoms with Gasteiger partial charge in [-0.15, -0.1) is 0 Å². The lowest BCUT2D eigenvalue weighted by Crippen LogP contribution is -2.21. The third-order valence-electron chi connectivity index (χ3n) is 3.41. The summed E-state index contributed by atoms with van der Waals surface area (Å²) in [5.41, 5.74) is 13.0. The lowest BCUT2D eigenvalue weighted by molar-refractivity contribution is 0.194. The van der Waals surface area contributed by atoms with Crippen LogP contribution in [0.25, 0.3) is 0 Å². The molecule has 2 aromatic carbocycles. The van der Waals surface area contributed by atoms with Gasteiger partial charge in [0.2, 0.25) is 0 Å². The summed E-state index contributed by atoms with van der Waals surface area (Å²) in [5.74, 6) is -0.980. The highest BCUT2D eigenvalue weighted by atomic mass is 32.3. The van der Waals surface area contributed by atoms with Gasteiger partial charge < -0.3 is 21.7 Å². The molecule has 0 amide bonds. The van der Waals surface area contributed by atoms with Crippen molar-refractivity contribution >= 4 is 31.6 Å². The van der Waals surface area contributed by atoms with Gasteiger partial charge in [0, 0.05) is 11.4 Å². The summed E-state index contributed by atoms with van der Waals surface area (Å²) < 4.78 is 56.0. The van der Waals surface area contributed by atoms with Gasteiger partial charge in [-0.25, -0.2) is 8.42 Å². The Kier molecular flexibility index (Phi) is 8.35. The maximum atomic E-state index is 12.2. The minimum Gasteiger partial charge on any atom is -0.399 e. The molecule has 0 fully saturated rings. The molecule has 0 radical (unpaired) electrons. The van der Waals surface area contributed by atoms with Crippen molar-refractivity contribution in [2.24, 2.45) is 0 Å². The van der Waals surface area contributed by atoms with Crippen molar-refractivity contribution in [1.29, 1.82) is 0 Å². The predicted molar refractivity (Wildman–Crippen MR) is 104 cm³/mol. The number of nitrogens with two attached hydrogens (primary N) is 2. The Labute approximate surface area is 162 Å². The summed E-state index contributed by atoms with van der Waals surface area (Å²) in [6.45, 7) is 0. The molecule has 0 saturated carbocycles. The zero-order chi connectivity index (χ0) is 21.5. The van der Waals surface area contributed by atoms with E-state index in [9.17, 15) is 18.6 Å².